The summed E-state index contributed by atoms with van der Waals surface area (Å²) in [5.41, 5.74) is -0.0115. The number of amides is 1. The van der Waals surface area contributed by atoms with Gasteiger partial charge in [-0.2, -0.15) is 0 Å². The Morgan fingerprint density at radius 2 is 1.95 bits per heavy atom. The molecule has 116 valence electrons. The summed E-state index contributed by atoms with van der Waals surface area (Å²) >= 11 is 0. The number of nitrogens with one attached hydrogen (secondary N) is 1. The monoisotopic (exact) mass is 290 g/mol. The molecule has 1 saturated heterocycles. The Kier molecular flexibility index (Phi) is 4.63. The highest BCUT2D eigenvalue weighted by atomic mass is 16.5. The SMILES string of the molecule is O=C(CC1(n2cccc2)CCCCC1)NC[C@@H]1CCCO1. The summed E-state index contributed by atoms with van der Waals surface area (Å²) in [6.07, 6.45) is 13.2. The molecule has 2 fully saturated rings. The highest BCUT2D eigenvalue weighted by Gasteiger charge is 2.35. The van der Waals surface area contributed by atoms with E-state index in [1.54, 1.807) is 0 Å². The maximum absolute atomic E-state index is 12.4. The van der Waals surface area contributed by atoms with E-state index < -0.39 is 0 Å². The van der Waals surface area contributed by atoms with Crippen molar-refractivity contribution < 1.29 is 9.53 Å². The topological polar surface area (TPSA) is 43.3 Å². The van der Waals surface area contributed by atoms with Gasteiger partial charge in [-0.3, -0.25) is 4.79 Å². The molecule has 1 N–H and O–H groups in total. The average molecular weight is 290 g/mol. The zero-order valence-corrected chi connectivity index (χ0v) is 12.7. The molecular formula is C17H26N2O2. The van der Waals surface area contributed by atoms with E-state index in [-0.39, 0.29) is 17.6 Å². The van der Waals surface area contributed by atoms with Crippen LogP contribution >= 0.6 is 0 Å². The smallest absolute Gasteiger partial charge is 0.222 e. The highest BCUT2D eigenvalue weighted by molar-refractivity contribution is 5.77. The van der Waals surface area contributed by atoms with Gasteiger partial charge >= 0.3 is 0 Å². The van der Waals surface area contributed by atoms with Crippen LogP contribution in [0.5, 0.6) is 0 Å². The zero-order chi connectivity index (χ0) is 14.5. The number of ether oxygens (including phenoxy) is 1. The largest absolute Gasteiger partial charge is 0.376 e. The van der Waals surface area contributed by atoms with Crippen molar-refractivity contribution in [3.05, 3.63) is 24.5 Å². The van der Waals surface area contributed by atoms with Crippen molar-refractivity contribution in [1.29, 1.82) is 0 Å². The number of hydrogen-bond donors (Lipinski definition) is 1. The second-order valence-electron chi connectivity index (χ2n) is 6.49. The van der Waals surface area contributed by atoms with Gasteiger partial charge in [0, 0.05) is 25.5 Å². The molecule has 4 heteroatoms. The number of aromatic nitrogens is 1. The fourth-order valence-corrected chi connectivity index (χ4v) is 3.78. The summed E-state index contributed by atoms with van der Waals surface area (Å²) in [4.78, 5) is 12.4. The molecule has 1 aliphatic heterocycles. The van der Waals surface area contributed by atoms with Gasteiger partial charge in [-0.15, -0.1) is 0 Å². The number of carbonyl (C=O) groups excluding carboxylic acids is 1. The average Bonchev–Trinajstić information content (AvgIpc) is 3.20. The molecule has 1 aromatic rings. The van der Waals surface area contributed by atoms with Crippen LogP contribution in [0.25, 0.3) is 0 Å². The Labute approximate surface area is 126 Å². The van der Waals surface area contributed by atoms with Crippen molar-refractivity contribution in [1.82, 2.24) is 9.88 Å². The Hall–Kier alpha value is -1.29. The molecule has 3 rings (SSSR count). The van der Waals surface area contributed by atoms with Crippen LogP contribution in [0.2, 0.25) is 0 Å². The molecule has 0 spiro atoms. The van der Waals surface area contributed by atoms with Crippen LogP contribution in [0.4, 0.5) is 0 Å². The number of carbonyl (C=O) groups is 1. The minimum atomic E-state index is -0.0115. The number of nitrogens with zero attached hydrogens (tertiary/aromatic N) is 1. The predicted octanol–water partition coefficient (Wildman–Crippen LogP) is 2.83. The molecule has 1 amide bonds. The third kappa shape index (κ3) is 3.49. The lowest BCUT2D eigenvalue weighted by atomic mass is 9.78. The minimum Gasteiger partial charge on any atom is -0.376 e. The van der Waals surface area contributed by atoms with E-state index in [9.17, 15) is 4.79 Å². The first kappa shape index (κ1) is 14.6. The van der Waals surface area contributed by atoms with Crippen LogP contribution in [0.1, 0.15) is 51.4 Å². The van der Waals surface area contributed by atoms with E-state index >= 15 is 0 Å². The lowest BCUT2D eigenvalue weighted by molar-refractivity contribution is -0.124. The molecule has 0 unspecified atom stereocenters. The Morgan fingerprint density at radius 3 is 2.62 bits per heavy atom. The van der Waals surface area contributed by atoms with Crippen LogP contribution in [0.3, 0.4) is 0 Å². The molecule has 0 radical (unpaired) electrons. The first-order valence-corrected chi connectivity index (χ1v) is 8.30. The minimum absolute atomic E-state index is 0.0115. The molecule has 21 heavy (non-hydrogen) atoms. The molecule has 0 aromatic carbocycles. The maximum atomic E-state index is 12.4. The molecule has 2 aliphatic rings. The summed E-state index contributed by atoms with van der Waals surface area (Å²) in [5.74, 6) is 0.168. The van der Waals surface area contributed by atoms with Gasteiger partial charge in [0.05, 0.1) is 18.1 Å². The van der Waals surface area contributed by atoms with Gasteiger partial charge in [-0.25, -0.2) is 0 Å². The molecule has 1 saturated carbocycles. The molecule has 1 aliphatic carbocycles. The third-order valence-corrected chi connectivity index (χ3v) is 4.98. The zero-order valence-electron chi connectivity index (χ0n) is 12.7. The van der Waals surface area contributed by atoms with Gasteiger partial charge in [0.2, 0.25) is 5.91 Å². The summed E-state index contributed by atoms with van der Waals surface area (Å²) < 4.78 is 7.83. The lowest BCUT2D eigenvalue weighted by Crippen LogP contribution is -2.42. The van der Waals surface area contributed by atoms with Gasteiger partial charge in [0.25, 0.3) is 0 Å². The Balaban J connectivity index is 1.60. The number of hydrogen-bond acceptors (Lipinski definition) is 2. The molecule has 4 nitrogen and oxygen atoms in total. The van der Waals surface area contributed by atoms with Crippen molar-refractivity contribution in [3.8, 4) is 0 Å². The van der Waals surface area contributed by atoms with Crippen LogP contribution in [-0.2, 0) is 15.1 Å². The highest BCUT2D eigenvalue weighted by Crippen LogP contribution is 2.37. The first-order chi connectivity index (χ1) is 10.3. The summed E-state index contributed by atoms with van der Waals surface area (Å²) in [6.45, 7) is 1.51. The Morgan fingerprint density at radius 1 is 1.19 bits per heavy atom. The summed E-state index contributed by atoms with van der Waals surface area (Å²) in [6, 6.07) is 4.11. The predicted molar refractivity (Wildman–Crippen MR) is 82.1 cm³/mol. The van der Waals surface area contributed by atoms with E-state index in [0.29, 0.717) is 13.0 Å². The standard InChI is InChI=1S/C17H26N2O2/c20-16(18-14-15-7-6-12-21-15)13-17(8-2-1-3-9-17)19-10-4-5-11-19/h4-5,10-11,15H,1-3,6-9,12-14H2,(H,18,20)/t15-/m0/s1. The first-order valence-electron chi connectivity index (χ1n) is 8.30. The fourth-order valence-electron chi connectivity index (χ4n) is 3.78. The fraction of sp³-hybridized carbons (Fsp3) is 0.706. The van der Waals surface area contributed by atoms with E-state index in [4.69, 9.17) is 4.74 Å². The van der Waals surface area contributed by atoms with Gasteiger partial charge in [-0.1, -0.05) is 19.3 Å². The second kappa shape index (κ2) is 6.65. The Bertz CT molecular complexity index is 443. The van der Waals surface area contributed by atoms with Crippen molar-refractivity contribution >= 4 is 5.91 Å². The van der Waals surface area contributed by atoms with Gasteiger partial charge in [0.15, 0.2) is 0 Å². The molecule has 1 atom stereocenters. The van der Waals surface area contributed by atoms with Crippen molar-refractivity contribution in [2.24, 2.45) is 0 Å². The summed E-state index contributed by atoms with van der Waals surface area (Å²) in [5, 5.41) is 3.08. The van der Waals surface area contributed by atoms with Crippen LogP contribution < -0.4 is 5.32 Å². The molecule has 2 heterocycles. The summed E-state index contributed by atoms with van der Waals surface area (Å²) in [7, 11) is 0. The van der Waals surface area contributed by atoms with E-state index in [1.807, 2.05) is 0 Å². The van der Waals surface area contributed by atoms with E-state index in [2.05, 4.69) is 34.4 Å². The molecule has 1 aromatic heterocycles. The second-order valence-corrected chi connectivity index (χ2v) is 6.49. The normalized spacial score (nSPS) is 24.9. The third-order valence-electron chi connectivity index (χ3n) is 4.98. The maximum Gasteiger partial charge on any atom is 0.222 e. The van der Waals surface area contributed by atoms with Crippen LogP contribution in [0.15, 0.2) is 24.5 Å². The van der Waals surface area contributed by atoms with Gasteiger partial charge in [-0.05, 0) is 37.8 Å². The van der Waals surface area contributed by atoms with Crippen molar-refractivity contribution in [2.45, 2.75) is 63.0 Å². The van der Waals surface area contributed by atoms with E-state index in [0.717, 1.165) is 32.3 Å². The van der Waals surface area contributed by atoms with E-state index in [1.165, 1.54) is 19.3 Å². The van der Waals surface area contributed by atoms with Gasteiger partial charge < -0.3 is 14.6 Å². The lowest BCUT2D eigenvalue weighted by Gasteiger charge is -2.38. The molecular weight excluding hydrogens is 264 g/mol. The van der Waals surface area contributed by atoms with Crippen LogP contribution in [-0.4, -0.2) is 29.7 Å². The van der Waals surface area contributed by atoms with Gasteiger partial charge in [0.1, 0.15) is 0 Å². The molecule has 0 bridgehead atoms. The van der Waals surface area contributed by atoms with Crippen molar-refractivity contribution in [2.75, 3.05) is 13.2 Å². The van der Waals surface area contributed by atoms with Crippen LogP contribution in [0, 0.1) is 0 Å². The van der Waals surface area contributed by atoms with Crippen molar-refractivity contribution in [3.63, 3.8) is 0 Å². The number of rotatable bonds is 5. The quantitative estimate of drug-likeness (QED) is 0.906.